The van der Waals surface area contributed by atoms with Gasteiger partial charge in [-0.25, -0.2) is 0 Å². The summed E-state index contributed by atoms with van der Waals surface area (Å²) in [5.41, 5.74) is 2.37. The zero-order valence-corrected chi connectivity index (χ0v) is 18.0. The highest BCUT2D eigenvalue weighted by molar-refractivity contribution is 6.11. The molecule has 0 spiro atoms. The topological polar surface area (TPSA) is 77.1 Å². The minimum atomic E-state index is -0.431. The van der Waals surface area contributed by atoms with Crippen molar-refractivity contribution < 1.29 is 23.8 Å². The number of carbonyl (C=O) groups excluding carboxylic acids is 2. The maximum absolute atomic E-state index is 13.5. The first-order valence-corrected chi connectivity index (χ1v) is 10.6. The van der Waals surface area contributed by atoms with Gasteiger partial charge in [0, 0.05) is 30.8 Å². The number of benzene rings is 3. The Morgan fingerprint density at radius 3 is 2.56 bits per heavy atom. The summed E-state index contributed by atoms with van der Waals surface area (Å²) >= 11 is 0. The van der Waals surface area contributed by atoms with Gasteiger partial charge in [-0.15, -0.1) is 0 Å². The van der Waals surface area contributed by atoms with Crippen LogP contribution >= 0.6 is 0 Å². The molecule has 3 aromatic rings. The van der Waals surface area contributed by atoms with Crippen molar-refractivity contribution >= 4 is 22.6 Å². The largest absolute Gasteiger partial charge is 0.496 e. The van der Waals surface area contributed by atoms with Gasteiger partial charge in [-0.05, 0) is 41.3 Å². The molecule has 2 aliphatic rings. The SMILES string of the molecule is CNC(=O)[C@H]1CCCN1C(=O)c1cccc2c(-c3cc4c(cc3OC)OCO4)cccc12. The molecule has 7 heteroatoms. The quantitative estimate of drug-likeness (QED) is 0.682. The van der Waals surface area contributed by atoms with E-state index in [0.29, 0.717) is 35.8 Å². The summed E-state index contributed by atoms with van der Waals surface area (Å²) in [4.78, 5) is 27.5. The van der Waals surface area contributed by atoms with Crippen molar-refractivity contribution in [3.63, 3.8) is 0 Å². The van der Waals surface area contributed by atoms with Crippen LogP contribution in [0.1, 0.15) is 23.2 Å². The lowest BCUT2D eigenvalue weighted by Gasteiger charge is -2.24. The third-order valence-corrected chi connectivity index (χ3v) is 6.20. The molecule has 1 atom stereocenters. The standard InChI is InChI=1S/C25H24N2O5/c1-26-24(28)20-10-5-11-27(20)25(29)18-9-4-6-15-16(18)7-3-8-17(15)19-12-22-23(32-14-31-22)13-21(19)30-2/h3-4,6-9,12-13,20H,5,10-11,14H2,1-2H3,(H,26,28)/t20-/m1/s1. The Hall–Kier alpha value is -3.74. The highest BCUT2D eigenvalue weighted by Gasteiger charge is 2.34. The van der Waals surface area contributed by atoms with Crippen molar-refractivity contribution in [3.8, 4) is 28.4 Å². The average Bonchev–Trinajstić information content (AvgIpc) is 3.50. The van der Waals surface area contributed by atoms with Crippen LogP contribution in [0.25, 0.3) is 21.9 Å². The highest BCUT2D eigenvalue weighted by Crippen LogP contribution is 2.44. The van der Waals surface area contributed by atoms with E-state index in [-0.39, 0.29) is 18.6 Å². The number of rotatable bonds is 4. The van der Waals surface area contributed by atoms with Gasteiger partial charge in [0.25, 0.3) is 5.91 Å². The molecule has 0 aliphatic carbocycles. The lowest BCUT2D eigenvalue weighted by atomic mass is 9.94. The first-order chi connectivity index (χ1) is 15.6. The fourth-order valence-electron chi connectivity index (χ4n) is 4.64. The third-order valence-electron chi connectivity index (χ3n) is 6.20. The zero-order valence-electron chi connectivity index (χ0n) is 18.0. The number of fused-ring (bicyclic) bond motifs is 2. The van der Waals surface area contributed by atoms with Crippen LogP contribution in [0.15, 0.2) is 48.5 Å². The molecule has 5 rings (SSSR count). The first-order valence-electron chi connectivity index (χ1n) is 10.6. The second kappa shape index (κ2) is 8.07. The van der Waals surface area contributed by atoms with E-state index in [2.05, 4.69) is 5.32 Å². The lowest BCUT2D eigenvalue weighted by molar-refractivity contribution is -0.124. The molecule has 7 nitrogen and oxygen atoms in total. The van der Waals surface area contributed by atoms with Crippen molar-refractivity contribution in [2.24, 2.45) is 0 Å². The Bertz CT molecular complexity index is 1220. The molecule has 2 aliphatic heterocycles. The Labute approximate surface area is 185 Å². The summed E-state index contributed by atoms with van der Waals surface area (Å²) in [7, 11) is 3.22. The molecule has 0 saturated carbocycles. The van der Waals surface area contributed by atoms with Crippen LogP contribution in [0, 0.1) is 0 Å². The number of nitrogens with zero attached hydrogens (tertiary/aromatic N) is 1. The van der Waals surface area contributed by atoms with E-state index in [9.17, 15) is 9.59 Å². The summed E-state index contributed by atoms with van der Waals surface area (Å²) in [6.45, 7) is 0.751. The van der Waals surface area contributed by atoms with Crippen LogP contribution < -0.4 is 19.5 Å². The Morgan fingerprint density at radius 2 is 1.78 bits per heavy atom. The second-order valence-corrected chi connectivity index (χ2v) is 7.88. The summed E-state index contributed by atoms with van der Waals surface area (Å²) in [6, 6.07) is 14.9. The molecule has 0 radical (unpaired) electrons. The maximum Gasteiger partial charge on any atom is 0.255 e. The lowest BCUT2D eigenvalue weighted by Crippen LogP contribution is -2.44. The first kappa shape index (κ1) is 20.2. The molecule has 0 unspecified atom stereocenters. The number of nitrogens with one attached hydrogen (secondary N) is 1. The van der Waals surface area contributed by atoms with Crippen molar-refractivity contribution in [2.45, 2.75) is 18.9 Å². The van der Waals surface area contributed by atoms with Crippen LogP contribution in [0.2, 0.25) is 0 Å². The van der Waals surface area contributed by atoms with Crippen LogP contribution in [0.5, 0.6) is 17.2 Å². The summed E-state index contributed by atoms with van der Waals surface area (Å²) in [6.07, 6.45) is 1.49. The van der Waals surface area contributed by atoms with Gasteiger partial charge in [0.2, 0.25) is 12.7 Å². The van der Waals surface area contributed by atoms with Gasteiger partial charge in [-0.2, -0.15) is 0 Å². The molecule has 2 amide bonds. The van der Waals surface area contributed by atoms with E-state index < -0.39 is 6.04 Å². The van der Waals surface area contributed by atoms with Crippen molar-refractivity contribution in [3.05, 3.63) is 54.1 Å². The van der Waals surface area contributed by atoms with Gasteiger partial charge in [0.15, 0.2) is 11.5 Å². The molecule has 0 bridgehead atoms. The maximum atomic E-state index is 13.5. The van der Waals surface area contributed by atoms with Gasteiger partial charge in [0.05, 0.1) is 7.11 Å². The smallest absolute Gasteiger partial charge is 0.255 e. The minimum Gasteiger partial charge on any atom is -0.496 e. The zero-order chi connectivity index (χ0) is 22.2. The van der Waals surface area contributed by atoms with Crippen molar-refractivity contribution in [1.29, 1.82) is 0 Å². The highest BCUT2D eigenvalue weighted by atomic mass is 16.7. The molecular formula is C25H24N2O5. The van der Waals surface area contributed by atoms with E-state index in [1.165, 1.54) is 0 Å². The van der Waals surface area contributed by atoms with Gasteiger partial charge >= 0.3 is 0 Å². The molecule has 1 fully saturated rings. The van der Waals surface area contributed by atoms with E-state index in [1.54, 1.807) is 19.1 Å². The second-order valence-electron chi connectivity index (χ2n) is 7.88. The number of hydrogen-bond donors (Lipinski definition) is 1. The summed E-state index contributed by atoms with van der Waals surface area (Å²) < 4.78 is 16.7. The fourth-order valence-corrected chi connectivity index (χ4v) is 4.64. The van der Waals surface area contributed by atoms with Crippen LogP contribution in [0.3, 0.4) is 0 Å². The minimum absolute atomic E-state index is 0.123. The molecule has 1 N–H and O–H groups in total. The van der Waals surface area contributed by atoms with E-state index in [1.807, 2.05) is 48.5 Å². The number of hydrogen-bond acceptors (Lipinski definition) is 5. The number of amides is 2. The number of ether oxygens (including phenoxy) is 3. The van der Waals surface area contributed by atoms with Gasteiger partial charge < -0.3 is 24.4 Å². The van der Waals surface area contributed by atoms with Crippen molar-refractivity contribution in [2.75, 3.05) is 27.5 Å². The van der Waals surface area contributed by atoms with Gasteiger partial charge in [-0.3, -0.25) is 9.59 Å². The molecule has 0 aromatic heterocycles. The number of likely N-dealkylation sites (N-methyl/N-ethyl adjacent to an activating group) is 1. The predicted octanol–water partition coefficient (Wildman–Crippen LogP) is 3.59. The molecular weight excluding hydrogens is 408 g/mol. The van der Waals surface area contributed by atoms with E-state index >= 15 is 0 Å². The van der Waals surface area contributed by atoms with Crippen LogP contribution in [-0.2, 0) is 4.79 Å². The number of carbonyl (C=O) groups is 2. The third kappa shape index (κ3) is 3.21. The molecule has 1 saturated heterocycles. The Balaban J connectivity index is 1.62. The number of methoxy groups -OCH3 is 1. The summed E-state index contributed by atoms with van der Waals surface area (Å²) in [5, 5.41) is 4.43. The van der Waals surface area contributed by atoms with Crippen molar-refractivity contribution in [1.82, 2.24) is 10.2 Å². The molecule has 164 valence electrons. The normalized spacial score (nSPS) is 16.9. The molecule has 3 aromatic carbocycles. The van der Waals surface area contributed by atoms with Gasteiger partial charge in [0.1, 0.15) is 11.8 Å². The molecule has 2 heterocycles. The van der Waals surface area contributed by atoms with E-state index in [4.69, 9.17) is 14.2 Å². The predicted molar refractivity (Wildman–Crippen MR) is 120 cm³/mol. The fraction of sp³-hybridized carbons (Fsp3) is 0.280. The van der Waals surface area contributed by atoms with E-state index in [0.717, 1.165) is 28.3 Å². The average molecular weight is 432 g/mol. The summed E-state index contributed by atoms with van der Waals surface area (Å²) in [5.74, 6) is 1.72. The number of likely N-dealkylation sites (tertiary alicyclic amines) is 1. The van der Waals surface area contributed by atoms with Gasteiger partial charge in [-0.1, -0.05) is 30.3 Å². The Morgan fingerprint density at radius 1 is 1.03 bits per heavy atom. The monoisotopic (exact) mass is 432 g/mol. The van der Waals surface area contributed by atoms with Crippen LogP contribution in [0.4, 0.5) is 0 Å². The molecule has 32 heavy (non-hydrogen) atoms. The van der Waals surface area contributed by atoms with Crippen LogP contribution in [-0.4, -0.2) is 50.3 Å². The Kier molecular flexibility index (Phi) is 5.09.